The number of esters is 2. The van der Waals surface area contributed by atoms with Crippen molar-refractivity contribution >= 4 is 11.9 Å². The minimum atomic E-state index is -0.580. The molecule has 1 aliphatic heterocycles. The number of pyridine rings is 1. The molecule has 0 saturated carbocycles. The summed E-state index contributed by atoms with van der Waals surface area (Å²) in [7, 11) is 2.90. The van der Waals surface area contributed by atoms with Gasteiger partial charge in [-0.05, 0) is 31.0 Å². The number of hydrogen-bond acceptors (Lipinski definition) is 7. The minimum absolute atomic E-state index is 0.159. The van der Waals surface area contributed by atoms with Crippen LogP contribution in [0.3, 0.4) is 0 Å². The average molecular weight is 433 g/mol. The fourth-order valence-electron chi connectivity index (χ4n) is 4.03. The molecule has 2 heterocycles. The molecule has 2 aromatic carbocycles. The highest BCUT2D eigenvalue weighted by molar-refractivity contribution is 5.92. The van der Waals surface area contributed by atoms with Gasteiger partial charge in [0.2, 0.25) is 11.5 Å². The monoisotopic (exact) mass is 433 g/mol. The Kier molecular flexibility index (Phi) is 6.07. The van der Waals surface area contributed by atoms with Gasteiger partial charge >= 0.3 is 11.9 Å². The Hall–Kier alpha value is -3.87. The van der Waals surface area contributed by atoms with Crippen LogP contribution in [0.4, 0.5) is 0 Å². The zero-order chi connectivity index (χ0) is 22.7. The maximum atomic E-state index is 12.8. The van der Waals surface area contributed by atoms with Crippen LogP contribution in [0.25, 0.3) is 0 Å². The van der Waals surface area contributed by atoms with Gasteiger partial charge in [0.1, 0.15) is 0 Å². The zero-order valence-electron chi connectivity index (χ0n) is 18.1. The fraction of sp³-hybridized carbons (Fsp3) is 0.240. The molecular weight excluding hydrogens is 410 g/mol. The molecule has 0 N–H and O–H groups in total. The summed E-state index contributed by atoms with van der Waals surface area (Å²) >= 11 is 0. The van der Waals surface area contributed by atoms with Gasteiger partial charge in [-0.15, -0.1) is 0 Å². The molecule has 3 aromatic rings. The highest BCUT2D eigenvalue weighted by atomic mass is 16.6. The van der Waals surface area contributed by atoms with Gasteiger partial charge in [0.25, 0.3) is 0 Å². The summed E-state index contributed by atoms with van der Waals surface area (Å²) < 4.78 is 22.7. The number of methoxy groups -OCH3 is 2. The molecule has 0 bridgehead atoms. The Labute approximate surface area is 185 Å². The van der Waals surface area contributed by atoms with Gasteiger partial charge in [0.15, 0.2) is 11.5 Å². The topological polar surface area (TPSA) is 84.0 Å². The van der Waals surface area contributed by atoms with Crippen LogP contribution in [0.15, 0.2) is 54.9 Å². The summed E-state index contributed by atoms with van der Waals surface area (Å²) in [6.45, 7) is 1.82. The molecule has 164 valence electrons. The van der Waals surface area contributed by atoms with Crippen LogP contribution in [0, 0.1) is 6.92 Å². The molecule has 0 radical (unpaired) electrons. The number of fused-ring (bicyclic) bond motifs is 1. The molecule has 0 spiro atoms. The van der Waals surface area contributed by atoms with E-state index in [9.17, 15) is 9.59 Å². The zero-order valence-corrected chi connectivity index (χ0v) is 18.1. The smallest absolute Gasteiger partial charge is 0.345 e. The van der Waals surface area contributed by atoms with Crippen molar-refractivity contribution in [3.63, 3.8) is 0 Å². The van der Waals surface area contributed by atoms with Gasteiger partial charge in [-0.1, -0.05) is 30.3 Å². The van der Waals surface area contributed by atoms with Crippen molar-refractivity contribution < 1.29 is 28.5 Å². The van der Waals surface area contributed by atoms with Crippen LogP contribution < -0.4 is 18.9 Å². The first-order valence-electron chi connectivity index (χ1n) is 10.2. The van der Waals surface area contributed by atoms with E-state index in [1.807, 2.05) is 37.3 Å². The summed E-state index contributed by atoms with van der Waals surface area (Å²) in [6.07, 6.45) is 3.79. The van der Waals surface area contributed by atoms with Crippen molar-refractivity contribution in [3.05, 3.63) is 77.1 Å². The minimum Gasteiger partial charge on any atom is -0.490 e. The standard InChI is InChI=1S/C25H23NO6/c1-15-20-18(16-8-5-4-6-9-16)11-12-19(27)31-22(20)24(30-3)23(29-2)21(15)32-25(28)17-10-7-13-26-14-17/h4-10,13-14,18H,11-12H2,1-3H3. The second-order valence-electron chi connectivity index (χ2n) is 7.37. The van der Waals surface area contributed by atoms with Gasteiger partial charge in [-0.2, -0.15) is 0 Å². The Morgan fingerprint density at radius 1 is 1.03 bits per heavy atom. The Bertz CT molecular complexity index is 1140. The number of aromatic nitrogens is 1. The van der Waals surface area contributed by atoms with E-state index in [-0.39, 0.29) is 35.6 Å². The van der Waals surface area contributed by atoms with E-state index < -0.39 is 5.97 Å². The van der Waals surface area contributed by atoms with E-state index >= 15 is 0 Å². The lowest BCUT2D eigenvalue weighted by atomic mass is 9.84. The van der Waals surface area contributed by atoms with Crippen molar-refractivity contribution in [2.24, 2.45) is 0 Å². The van der Waals surface area contributed by atoms with Gasteiger partial charge in [-0.25, -0.2) is 4.79 Å². The first-order chi connectivity index (χ1) is 15.5. The molecule has 4 rings (SSSR count). The third kappa shape index (κ3) is 3.89. The predicted molar refractivity (Wildman–Crippen MR) is 117 cm³/mol. The highest BCUT2D eigenvalue weighted by Crippen LogP contribution is 2.54. The lowest BCUT2D eigenvalue weighted by Gasteiger charge is -2.24. The Morgan fingerprint density at radius 2 is 1.78 bits per heavy atom. The summed E-state index contributed by atoms with van der Waals surface area (Å²) in [6, 6.07) is 13.1. The highest BCUT2D eigenvalue weighted by Gasteiger charge is 2.35. The van der Waals surface area contributed by atoms with Gasteiger partial charge in [0.05, 0.1) is 19.8 Å². The van der Waals surface area contributed by atoms with Crippen molar-refractivity contribution in [3.8, 4) is 23.0 Å². The van der Waals surface area contributed by atoms with Crippen LogP contribution in [-0.4, -0.2) is 31.1 Å². The maximum Gasteiger partial charge on any atom is 0.345 e. The third-order valence-electron chi connectivity index (χ3n) is 5.51. The van der Waals surface area contributed by atoms with Crippen LogP contribution in [-0.2, 0) is 4.79 Å². The normalized spacial score (nSPS) is 15.2. The van der Waals surface area contributed by atoms with Crippen molar-refractivity contribution in [1.29, 1.82) is 0 Å². The number of hydrogen-bond donors (Lipinski definition) is 0. The van der Waals surface area contributed by atoms with Gasteiger partial charge in [-0.3, -0.25) is 9.78 Å². The number of carbonyl (C=O) groups is 2. The molecule has 1 atom stereocenters. The van der Waals surface area contributed by atoms with Crippen molar-refractivity contribution in [2.75, 3.05) is 14.2 Å². The number of nitrogens with zero attached hydrogens (tertiary/aromatic N) is 1. The van der Waals surface area contributed by atoms with E-state index in [2.05, 4.69) is 4.98 Å². The first kappa shape index (κ1) is 21.4. The predicted octanol–water partition coefficient (Wildman–Crippen LogP) is 4.46. The van der Waals surface area contributed by atoms with Crippen LogP contribution in [0.5, 0.6) is 23.0 Å². The number of rotatable bonds is 5. The van der Waals surface area contributed by atoms with Gasteiger partial charge in [0, 0.05) is 35.9 Å². The third-order valence-corrected chi connectivity index (χ3v) is 5.51. The van der Waals surface area contributed by atoms with Crippen molar-refractivity contribution in [1.82, 2.24) is 4.98 Å². The van der Waals surface area contributed by atoms with Crippen LogP contribution in [0.2, 0.25) is 0 Å². The van der Waals surface area contributed by atoms with Crippen molar-refractivity contribution in [2.45, 2.75) is 25.7 Å². The average Bonchev–Trinajstić information content (AvgIpc) is 3.00. The number of benzene rings is 2. The second-order valence-corrected chi connectivity index (χ2v) is 7.37. The number of ether oxygens (including phenoxy) is 4. The Balaban J connectivity index is 1.93. The van der Waals surface area contributed by atoms with E-state index in [0.29, 0.717) is 23.3 Å². The van der Waals surface area contributed by atoms with Crippen LogP contribution >= 0.6 is 0 Å². The van der Waals surface area contributed by atoms with E-state index in [4.69, 9.17) is 18.9 Å². The molecule has 7 heteroatoms. The molecule has 1 aromatic heterocycles. The first-order valence-corrected chi connectivity index (χ1v) is 10.2. The van der Waals surface area contributed by atoms with E-state index in [1.165, 1.54) is 20.4 Å². The van der Waals surface area contributed by atoms with E-state index in [1.54, 1.807) is 18.3 Å². The largest absolute Gasteiger partial charge is 0.490 e. The molecule has 0 amide bonds. The molecule has 1 unspecified atom stereocenters. The maximum absolute atomic E-state index is 12.8. The summed E-state index contributed by atoms with van der Waals surface area (Å²) in [5.74, 6) is -0.197. The molecular formula is C25H23NO6. The quantitative estimate of drug-likeness (QED) is 0.434. The summed E-state index contributed by atoms with van der Waals surface area (Å²) in [5, 5.41) is 0. The molecule has 1 aliphatic rings. The fourth-order valence-corrected chi connectivity index (χ4v) is 4.03. The second kappa shape index (κ2) is 9.09. The molecule has 0 aliphatic carbocycles. The molecule has 0 fully saturated rings. The molecule has 32 heavy (non-hydrogen) atoms. The van der Waals surface area contributed by atoms with Gasteiger partial charge < -0.3 is 18.9 Å². The molecule has 0 saturated heterocycles. The number of carbonyl (C=O) groups excluding carboxylic acids is 2. The summed E-state index contributed by atoms with van der Waals surface area (Å²) in [5.41, 5.74) is 2.69. The SMILES string of the molecule is COc1c(OC(=O)c2cccnc2)c(C)c2c(c1OC)OC(=O)CCC2c1ccccc1. The van der Waals surface area contributed by atoms with Crippen LogP contribution in [0.1, 0.15) is 45.8 Å². The Morgan fingerprint density at radius 3 is 2.44 bits per heavy atom. The lowest BCUT2D eigenvalue weighted by Crippen LogP contribution is -2.14. The van der Waals surface area contributed by atoms with E-state index in [0.717, 1.165) is 11.1 Å². The summed E-state index contributed by atoms with van der Waals surface area (Å²) in [4.78, 5) is 29.2. The molecule has 7 nitrogen and oxygen atoms in total. The lowest BCUT2D eigenvalue weighted by molar-refractivity contribution is -0.134.